The number of aryl methyl sites for hydroxylation is 1. The number of nitrogens with one attached hydrogen (secondary N) is 2. The van der Waals surface area contributed by atoms with Gasteiger partial charge in [0.05, 0.1) is 29.6 Å². The molecule has 1 amide bonds. The summed E-state index contributed by atoms with van der Waals surface area (Å²) in [5.41, 5.74) is 6.21. The number of benzene rings is 3. The number of nitrogens with zero attached hydrogens (tertiary/aromatic N) is 5. The number of amides is 1. The molecule has 1 aliphatic rings. The number of fused-ring (bicyclic) bond motifs is 1. The number of ether oxygens (including phenoxy) is 1. The number of rotatable bonds is 6. The van der Waals surface area contributed by atoms with Crippen molar-refractivity contribution in [3.63, 3.8) is 0 Å². The molecule has 1 aliphatic heterocycles. The molecule has 9 nitrogen and oxygen atoms in total. The summed E-state index contributed by atoms with van der Waals surface area (Å²) in [6, 6.07) is 21.4. The van der Waals surface area contributed by atoms with E-state index in [1.807, 2.05) is 80.0 Å². The summed E-state index contributed by atoms with van der Waals surface area (Å²) in [5, 5.41) is 12.0. The van der Waals surface area contributed by atoms with Gasteiger partial charge in [0.25, 0.3) is 5.91 Å². The van der Waals surface area contributed by atoms with E-state index < -0.39 is 0 Å². The Morgan fingerprint density at radius 1 is 0.974 bits per heavy atom. The summed E-state index contributed by atoms with van der Waals surface area (Å²) in [7, 11) is 3.48. The maximum absolute atomic E-state index is 13.6. The minimum Gasteiger partial charge on any atom is -0.494 e. The monoisotopic (exact) mass is 519 g/mol. The van der Waals surface area contributed by atoms with Crippen LogP contribution in [0.15, 0.2) is 79.3 Å². The predicted molar refractivity (Wildman–Crippen MR) is 153 cm³/mol. The van der Waals surface area contributed by atoms with Gasteiger partial charge in [-0.15, -0.1) is 0 Å². The fourth-order valence-electron chi connectivity index (χ4n) is 5.07. The van der Waals surface area contributed by atoms with Crippen LogP contribution >= 0.6 is 0 Å². The first-order valence-electron chi connectivity index (χ1n) is 12.9. The topological polar surface area (TPSA) is 97.2 Å². The molecule has 9 heteroatoms. The third-order valence-corrected chi connectivity index (χ3v) is 6.94. The highest BCUT2D eigenvalue weighted by atomic mass is 16.5. The van der Waals surface area contributed by atoms with E-state index >= 15 is 0 Å². The van der Waals surface area contributed by atoms with E-state index in [2.05, 4.69) is 25.5 Å². The summed E-state index contributed by atoms with van der Waals surface area (Å²) in [4.78, 5) is 25.0. The van der Waals surface area contributed by atoms with E-state index in [9.17, 15) is 4.79 Å². The minimum atomic E-state index is -0.202. The lowest BCUT2D eigenvalue weighted by atomic mass is 10.0. The summed E-state index contributed by atoms with van der Waals surface area (Å²) in [5.74, 6) is 0.321. The number of methoxy groups -OCH3 is 1. The lowest BCUT2D eigenvalue weighted by Gasteiger charge is -2.30. The summed E-state index contributed by atoms with van der Waals surface area (Å²) in [6.07, 6.45) is 3.50. The molecule has 6 rings (SSSR count). The lowest BCUT2D eigenvalue weighted by molar-refractivity contribution is 0.102. The Morgan fingerprint density at radius 2 is 1.74 bits per heavy atom. The molecule has 3 aromatic carbocycles. The summed E-state index contributed by atoms with van der Waals surface area (Å²) in [6.45, 7) is 3.46. The van der Waals surface area contributed by atoms with Gasteiger partial charge >= 0.3 is 0 Å². The van der Waals surface area contributed by atoms with Crippen LogP contribution in [-0.2, 0) is 7.05 Å². The van der Waals surface area contributed by atoms with Crippen LogP contribution in [0.1, 0.15) is 10.4 Å². The highest BCUT2D eigenvalue weighted by Crippen LogP contribution is 2.37. The molecule has 1 saturated heterocycles. The molecule has 39 heavy (non-hydrogen) atoms. The van der Waals surface area contributed by atoms with E-state index in [1.165, 1.54) is 0 Å². The maximum Gasteiger partial charge on any atom is 0.257 e. The number of hydrogen-bond acceptors (Lipinski definition) is 7. The molecule has 0 spiro atoms. The van der Waals surface area contributed by atoms with Crippen LogP contribution < -0.4 is 20.3 Å². The van der Waals surface area contributed by atoms with E-state index in [0.29, 0.717) is 22.5 Å². The Labute approximate surface area is 226 Å². The first kappa shape index (κ1) is 24.6. The van der Waals surface area contributed by atoms with Crippen LogP contribution in [0.3, 0.4) is 0 Å². The molecule has 5 aromatic rings. The molecular formula is C30H29N7O2. The van der Waals surface area contributed by atoms with Crippen LogP contribution in [0, 0.1) is 0 Å². The summed E-state index contributed by atoms with van der Waals surface area (Å²) < 4.78 is 7.45. The summed E-state index contributed by atoms with van der Waals surface area (Å²) >= 11 is 0. The first-order valence-corrected chi connectivity index (χ1v) is 12.9. The Bertz CT molecular complexity index is 1640. The number of hydrogen-bond donors (Lipinski definition) is 2. The van der Waals surface area contributed by atoms with Gasteiger partial charge in [-0.05, 0) is 18.2 Å². The molecule has 1 fully saturated rings. The fraction of sp³-hybridized carbons (Fsp3) is 0.200. The van der Waals surface area contributed by atoms with Gasteiger partial charge in [-0.3, -0.25) is 9.48 Å². The third kappa shape index (κ3) is 4.80. The number of piperazine rings is 1. The highest BCUT2D eigenvalue weighted by Gasteiger charge is 2.21. The number of para-hydroxylation sites is 1. The standard InChI is InChI=1S/C30H29N7O2/c1-36-18-23(28(35-36)20-8-4-3-5-9-20)29-22-16-25(27(39-2)17-24(22)32-19-33-29)34-30(38)21-10-6-7-11-26(21)37-14-12-31-13-15-37/h3-11,16-19,31H,12-15H2,1-2H3,(H,34,38). The van der Waals surface area contributed by atoms with Crippen LogP contribution in [0.2, 0.25) is 0 Å². The molecular weight excluding hydrogens is 490 g/mol. The van der Waals surface area contributed by atoms with Crippen LogP contribution in [0.4, 0.5) is 11.4 Å². The van der Waals surface area contributed by atoms with Crippen LogP contribution in [0.25, 0.3) is 33.4 Å². The Morgan fingerprint density at radius 3 is 2.54 bits per heavy atom. The zero-order chi connectivity index (χ0) is 26.8. The van der Waals surface area contributed by atoms with Gasteiger partial charge in [-0.1, -0.05) is 42.5 Å². The quantitative estimate of drug-likeness (QED) is 0.344. The molecule has 0 aliphatic carbocycles. The molecule has 0 radical (unpaired) electrons. The Kier molecular flexibility index (Phi) is 6.64. The zero-order valence-corrected chi connectivity index (χ0v) is 21.9. The van der Waals surface area contributed by atoms with Gasteiger partial charge in [-0.25, -0.2) is 9.97 Å². The van der Waals surface area contributed by atoms with Gasteiger partial charge in [0.2, 0.25) is 0 Å². The van der Waals surface area contributed by atoms with Crippen molar-refractivity contribution in [3.05, 3.63) is 84.8 Å². The van der Waals surface area contributed by atoms with Crippen molar-refractivity contribution in [2.75, 3.05) is 43.5 Å². The predicted octanol–water partition coefficient (Wildman–Crippen LogP) is 4.37. The normalized spacial score (nSPS) is 13.4. The molecule has 0 unspecified atom stereocenters. The van der Waals surface area contributed by atoms with Gasteiger partial charge in [0.1, 0.15) is 17.8 Å². The largest absolute Gasteiger partial charge is 0.494 e. The molecule has 196 valence electrons. The average Bonchev–Trinajstić information content (AvgIpc) is 3.38. The van der Waals surface area contributed by atoms with Crippen molar-refractivity contribution in [1.82, 2.24) is 25.1 Å². The smallest absolute Gasteiger partial charge is 0.257 e. The van der Waals surface area contributed by atoms with E-state index in [0.717, 1.165) is 59.8 Å². The minimum absolute atomic E-state index is 0.202. The van der Waals surface area contributed by atoms with Crippen molar-refractivity contribution in [2.24, 2.45) is 7.05 Å². The van der Waals surface area contributed by atoms with Crippen molar-refractivity contribution >= 4 is 28.2 Å². The third-order valence-electron chi connectivity index (χ3n) is 6.94. The van der Waals surface area contributed by atoms with Gasteiger partial charge in [0, 0.05) is 67.7 Å². The second kappa shape index (κ2) is 10.5. The fourth-order valence-corrected chi connectivity index (χ4v) is 5.07. The van der Waals surface area contributed by atoms with Crippen LogP contribution in [-0.4, -0.2) is 58.9 Å². The van der Waals surface area contributed by atoms with Crippen molar-refractivity contribution in [2.45, 2.75) is 0 Å². The highest BCUT2D eigenvalue weighted by molar-refractivity contribution is 6.10. The van der Waals surface area contributed by atoms with Gasteiger partial charge < -0.3 is 20.3 Å². The van der Waals surface area contributed by atoms with Gasteiger partial charge in [0.15, 0.2) is 0 Å². The van der Waals surface area contributed by atoms with Gasteiger partial charge in [-0.2, -0.15) is 5.10 Å². The maximum atomic E-state index is 13.6. The average molecular weight is 520 g/mol. The Hall–Kier alpha value is -4.76. The zero-order valence-electron chi connectivity index (χ0n) is 21.9. The SMILES string of the molecule is COc1cc2ncnc(-c3cn(C)nc3-c3ccccc3)c2cc1NC(=O)c1ccccc1N1CCNCC1. The molecule has 2 N–H and O–H groups in total. The van der Waals surface area contributed by atoms with Crippen molar-refractivity contribution in [1.29, 1.82) is 0 Å². The number of aromatic nitrogens is 4. The second-order valence-electron chi connectivity index (χ2n) is 9.43. The number of carbonyl (C=O) groups is 1. The molecule has 2 aromatic heterocycles. The van der Waals surface area contributed by atoms with Crippen molar-refractivity contribution in [3.8, 4) is 28.3 Å². The molecule has 0 saturated carbocycles. The van der Waals surface area contributed by atoms with E-state index in [-0.39, 0.29) is 5.91 Å². The van der Waals surface area contributed by atoms with E-state index in [4.69, 9.17) is 9.84 Å². The first-order chi connectivity index (χ1) is 19.1. The number of anilines is 2. The number of carbonyl (C=O) groups excluding carboxylic acids is 1. The van der Waals surface area contributed by atoms with Crippen molar-refractivity contribution < 1.29 is 9.53 Å². The molecule has 0 bridgehead atoms. The molecule has 3 heterocycles. The lowest BCUT2D eigenvalue weighted by Crippen LogP contribution is -2.44. The van der Waals surface area contributed by atoms with Crippen LogP contribution in [0.5, 0.6) is 5.75 Å². The van der Waals surface area contributed by atoms with E-state index in [1.54, 1.807) is 18.1 Å². The molecule has 0 atom stereocenters. The second-order valence-corrected chi connectivity index (χ2v) is 9.43. The Balaban J connectivity index is 1.42.